The van der Waals surface area contributed by atoms with Crippen molar-refractivity contribution in [3.63, 3.8) is 0 Å². The molecule has 1 aliphatic carbocycles. The lowest BCUT2D eigenvalue weighted by Gasteiger charge is -2.38. The van der Waals surface area contributed by atoms with E-state index in [-0.39, 0.29) is 16.4 Å². The molecule has 1 unspecified atom stereocenters. The Kier molecular flexibility index (Phi) is 3.57. The fourth-order valence-electron chi connectivity index (χ4n) is 3.25. The first-order valence-electron chi connectivity index (χ1n) is 7.67. The zero-order chi connectivity index (χ0) is 17.8. The fraction of sp³-hybridized carbons (Fsp3) is 0.353. The molecule has 130 valence electrons. The van der Waals surface area contributed by atoms with Gasteiger partial charge in [0.05, 0.1) is 16.6 Å². The minimum atomic E-state index is -4.71. The third-order valence-electron chi connectivity index (χ3n) is 4.32. The molecule has 0 amide bonds. The molecule has 2 aliphatic rings. The average molecular weight is 365 g/mol. The molecule has 0 spiro atoms. The van der Waals surface area contributed by atoms with Crippen LogP contribution in [-0.2, 0) is 5.41 Å². The SMILES string of the molecule is CC1(C)CC2=Nc3ccc(OC(F)(F)F)cc3SC2c2ncncc21. The van der Waals surface area contributed by atoms with Crippen molar-refractivity contribution in [2.75, 3.05) is 0 Å². The van der Waals surface area contributed by atoms with Gasteiger partial charge in [-0.3, -0.25) is 4.99 Å². The van der Waals surface area contributed by atoms with Crippen molar-refractivity contribution in [3.8, 4) is 5.75 Å². The van der Waals surface area contributed by atoms with Crippen molar-refractivity contribution >= 4 is 23.2 Å². The Morgan fingerprint density at radius 2 is 2.08 bits per heavy atom. The molecule has 4 rings (SSSR count). The summed E-state index contributed by atoms with van der Waals surface area (Å²) in [5.41, 5.74) is 3.45. The van der Waals surface area contributed by atoms with Crippen molar-refractivity contribution in [2.45, 2.75) is 42.2 Å². The normalized spacial score (nSPS) is 20.8. The molecule has 2 aromatic rings. The Labute approximate surface area is 146 Å². The average Bonchev–Trinajstić information content (AvgIpc) is 2.52. The zero-order valence-electron chi connectivity index (χ0n) is 13.5. The van der Waals surface area contributed by atoms with Crippen LogP contribution in [0.1, 0.15) is 36.8 Å². The molecular weight excluding hydrogens is 351 g/mol. The summed E-state index contributed by atoms with van der Waals surface area (Å²) in [6.07, 6.45) is -0.641. The molecule has 0 saturated carbocycles. The summed E-state index contributed by atoms with van der Waals surface area (Å²) in [4.78, 5) is 13.9. The number of halogens is 3. The van der Waals surface area contributed by atoms with Crippen LogP contribution in [0, 0.1) is 0 Å². The topological polar surface area (TPSA) is 47.4 Å². The van der Waals surface area contributed by atoms with Crippen LogP contribution in [0.25, 0.3) is 0 Å². The molecule has 2 heterocycles. The number of alkyl halides is 3. The molecule has 0 radical (unpaired) electrons. The quantitative estimate of drug-likeness (QED) is 0.715. The van der Waals surface area contributed by atoms with Crippen molar-refractivity contribution in [2.24, 2.45) is 4.99 Å². The number of hydrogen-bond acceptors (Lipinski definition) is 5. The number of ether oxygens (including phenoxy) is 1. The number of benzene rings is 1. The van der Waals surface area contributed by atoms with E-state index in [0.29, 0.717) is 10.6 Å². The summed E-state index contributed by atoms with van der Waals surface area (Å²) in [7, 11) is 0. The minimum Gasteiger partial charge on any atom is -0.406 e. The maximum Gasteiger partial charge on any atom is 0.573 e. The van der Waals surface area contributed by atoms with Gasteiger partial charge in [-0.1, -0.05) is 13.8 Å². The molecule has 8 heteroatoms. The molecule has 0 N–H and O–H groups in total. The lowest BCUT2D eigenvalue weighted by atomic mass is 9.74. The lowest BCUT2D eigenvalue weighted by molar-refractivity contribution is -0.274. The van der Waals surface area contributed by atoms with Gasteiger partial charge in [0.2, 0.25) is 0 Å². The number of aliphatic imine (C=N–C) groups is 1. The van der Waals surface area contributed by atoms with E-state index < -0.39 is 6.36 Å². The molecule has 1 aromatic heterocycles. The summed E-state index contributed by atoms with van der Waals surface area (Å²) in [6.45, 7) is 4.24. The molecule has 4 nitrogen and oxygen atoms in total. The van der Waals surface area contributed by atoms with Crippen LogP contribution in [0.15, 0.2) is 40.6 Å². The molecular formula is C17H14F3N3OS. The summed E-state index contributed by atoms with van der Waals surface area (Å²) < 4.78 is 41.4. The second-order valence-electron chi connectivity index (χ2n) is 6.66. The Hall–Kier alpha value is -2.09. The summed E-state index contributed by atoms with van der Waals surface area (Å²) >= 11 is 1.46. The molecule has 25 heavy (non-hydrogen) atoms. The van der Waals surface area contributed by atoms with E-state index in [1.807, 2.05) is 6.20 Å². The monoisotopic (exact) mass is 365 g/mol. The predicted octanol–water partition coefficient (Wildman–Crippen LogP) is 4.98. The number of thioether (sulfide) groups is 1. The Bertz CT molecular complexity index is 880. The predicted molar refractivity (Wildman–Crippen MR) is 88.5 cm³/mol. The molecule has 0 fully saturated rings. The Balaban J connectivity index is 1.76. The van der Waals surface area contributed by atoms with E-state index in [4.69, 9.17) is 4.99 Å². The van der Waals surface area contributed by atoms with Crippen LogP contribution < -0.4 is 4.74 Å². The number of aromatic nitrogens is 2. The van der Waals surface area contributed by atoms with Crippen molar-refractivity contribution in [3.05, 3.63) is 42.0 Å². The standard InChI is InChI=1S/C17H14F3N3OS/c1-16(2)6-12-15(14-10(16)7-21-8-22-14)25-13-5-9(24-17(18,19)20)3-4-11(13)23-12/h3-5,7-8,15H,6H2,1-2H3. The van der Waals surface area contributed by atoms with Gasteiger partial charge in [0, 0.05) is 16.8 Å². The van der Waals surface area contributed by atoms with Gasteiger partial charge in [-0.05, 0) is 35.6 Å². The number of hydrogen-bond donors (Lipinski definition) is 0. The highest BCUT2D eigenvalue weighted by atomic mass is 32.2. The van der Waals surface area contributed by atoms with E-state index in [1.165, 1.54) is 30.2 Å². The highest BCUT2D eigenvalue weighted by Crippen LogP contribution is 2.52. The minimum absolute atomic E-state index is 0.111. The lowest BCUT2D eigenvalue weighted by Crippen LogP contribution is -2.33. The van der Waals surface area contributed by atoms with Crippen LogP contribution in [0.5, 0.6) is 5.75 Å². The van der Waals surface area contributed by atoms with Crippen molar-refractivity contribution in [1.29, 1.82) is 0 Å². The molecule has 0 bridgehead atoms. The van der Waals surface area contributed by atoms with Gasteiger partial charge in [-0.25, -0.2) is 9.97 Å². The van der Waals surface area contributed by atoms with Crippen LogP contribution in [0.2, 0.25) is 0 Å². The highest BCUT2D eigenvalue weighted by Gasteiger charge is 2.41. The molecule has 1 aromatic carbocycles. The summed E-state index contributed by atoms with van der Waals surface area (Å²) in [6, 6.07) is 4.24. The highest BCUT2D eigenvalue weighted by molar-refractivity contribution is 8.00. The van der Waals surface area contributed by atoms with Gasteiger partial charge in [0.15, 0.2) is 0 Å². The summed E-state index contributed by atoms with van der Waals surface area (Å²) in [5, 5.41) is -0.111. The number of fused-ring (bicyclic) bond motifs is 4. The van der Waals surface area contributed by atoms with Crippen molar-refractivity contribution < 1.29 is 17.9 Å². The first-order valence-corrected chi connectivity index (χ1v) is 8.55. The van der Waals surface area contributed by atoms with Gasteiger partial charge in [0.25, 0.3) is 0 Å². The van der Waals surface area contributed by atoms with Crippen LogP contribution >= 0.6 is 11.8 Å². The first kappa shape index (κ1) is 16.4. The Morgan fingerprint density at radius 1 is 1.28 bits per heavy atom. The van der Waals surface area contributed by atoms with E-state index >= 15 is 0 Å². The van der Waals surface area contributed by atoms with E-state index in [0.717, 1.165) is 23.4 Å². The van der Waals surface area contributed by atoms with Crippen LogP contribution in [0.3, 0.4) is 0 Å². The van der Waals surface area contributed by atoms with Crippen molar-refractivity contribution in [1.82, 2.24) is 9.97 Å². The second kappa shape index (κ2) is 5.45. The van der Waals surface area contributed by atoms with Crippen LogP contribution in [-0.4, -0.2) is 22.0 Å². The van der Waals surface area contributed by atoms with E-state index in [1.54, 1.807) is 6.07 Å². The third kappa shape index (κ3) is 2.99. The zero-order valence-corrected chi connectivity index (χ0v) is 14.3. The van der Waals surface area contributed by atoms with Gasteiger partial charge in [0.1, 0.15) is 12.1 Å². The second-order valence-corrected chi connectivity index (χ2v) is 7.81. The van der Waals surface area contributed by atoms with E-state index in [9.17, 15) is 13.2 Å². The maximum absolute atomic E-state index is 12.5. The first-order chi connectivity index (χ1) is 11.7. The van der Waals surface area contributed by atoms with Gasteiger partial charge >= 0.3 is 6.36 Å². The Morgan fingerprint density at radius 3 is 2.84 bits per heavy atom. The van der Waals surface area contributed by atoms with Crippen LogP contribution in [0.4, 0.5) is 18.9 Å². The molecule has 0 saturated heterocycles. The van der Waals surface area contributed by atoms with Gasteiger partial charge in [-0.2, -0.15) is 0 Å². The maximum atomic E-state index is 12.5. The largest absolute Gasteiger partial charge is 0.573 e. The van der Waals surface area contributed by atoms with Gasteiger partial charge in [-0.15, -0.1) is 24.9 Å². The smallest absolute Gasteiger partial charge is 0.406 e. The number of rotatable bonds is 1. The van der Waals surface area contributed by atoms with Gasteiger partial charge < -0.3 is 4.74 Å². The third-order valence-corrected chi connectivity index (χ3v) is 5.63. The fourth-order valence-corrected chi connectivity index (χ4v) is 4.49. The number of nitrogens with zero attached hydrogens (tertiary/aromatic N) is 3. The molecule has 1 atom stereocenters. The molecule has 1 aliphatic heterocycles. The summed E-state index contributed by atoms with van der Waals surface area (Å²) in [5.74, 6) is -0.239. The van der Waals surface area contributed by atoms with E-state index in [2.05, 4.69) is 28.6 Å².